The van der Waals surface area contributed by atoms with Crippen molar-refractivity contribution in [2.75, 3.05) is 4.72 Å². The first-order valence-corrected chi connectivity index (χ1v) is 7.15. The van der Waals surface area contributed by atoms with Crippen LogP contribution in [0.2, 0.25) is 10.0 Å². The van der Waals surface area contributed by atoms with Gasteiger partial charge in [0.2, 0.25) is 0 Å². The highest BCUT2D eigenvalue weighted by Gasteiger charge is 2.16. The molecular formula is C10H7Cl2N3O3S. The number of hydrogen-bond acceptors (Lipinski definition) is 4. The summed E-state index contributed by atoms with van der Waals surface area (Å²) < 4.78 is 26.2. The fourth-order valence-corrected chi connectivity index (χ4v) is 2.58. The normalized spacial score (nSPS) is 11.3. The molecule has 19 heavy (non-hydrogen) atoms. The van der Waals surface area contributed by atoms with Gasteiger partial charge in [-0.05, 0) is 18.2 Å². The Balaban J connectivity index is 2.34. The smallest absolute Gasteiger partial charge is 0.266 e. The number of nitrogens with zero attached hydrogens (tertiary/aromatic N) is 1. The van der Waals surface area contributed by atoms with Crippen LogP contribution in [0.1, 0.15) is 0 Å². The highest BCUT2D eigenvalue weighted by molar-refractivity contribution is 7.92. The van der Waals surface area contributed by atoms with Crippen molar-refractivity contribution in [1.82, 2.24) is 9.97 Å². The first-order valence-electron chi connectivity index (χ1n) is 4.91. The van der Waals surface area contributed by atoms with Crippen LogP contribution < -0.4 is 10.3 Å². The van der Waals surface area contributed by atoms with Crippen molar-refractivity contribution in [2.45, 2.75) is 4.90 Å². The molecule has 2 aromatic rings. The van der Waals surface area contributed by atoms with Crippen LogP contribution in [-0.2, 0) is 10.0 Å². The van der Waals surface area contributed by atoms with Crippen LogP contribution in [0.15, 0.2) is 40.3 Å². The second-order valence-electron chi connectivity index (χ2n) is 3.48. The Kier molecular flexibility index (Phi) is 3.79. The van der Waals surface area contributed by atoms with Gasteiger partial charge in [0.15, 0.2) is 0 Å². The molecule has 0 unspecified atom stereocenters. The second kappa shape index (κ2) is 5.20. The number of halogens is 2. The van der Waals surface area contributed by atoms with Gasteiger partial charge in [0, 0.05) is 12.4 Å². The van der Waals surface area contributed by atoms with E-state index in [0.717, 1.165) is 12.3 Å². The van der Waals surface area contributed by atoms with Crippen LogP contribution >= 0.6 is 23.2 Å². The number of rotatable bonds is 3. The lowest BCUT2D eigenvalue weighted by molar-refractivity contribution is 0.600. The summed E-state index contributed by atoms with van der Waals surface area (Å²) in [6.07, 6.45) is 2.35. The number of pyridine rings is 2. The molecule has 0 atom stereocenters. The molecule has 0 radical (unpaired) electrons. The predicted octanol–water partition coefficient (Wildman–Crippen LogP) is 1.88. The van der Waals surface area contributed by atoms with E-state index < -0.39 is 15.6 Å². The molecule has 0 fully saturated rings. The van der Waals surface area contributed by atoms with Crippen LogP contribution in [0.3, 0.4) is 0 Å². The van der Waals surface area contributed by atoms with Crippen LogP contribution in [0.4, 0.5) is 5.82 Å². The molecular weight excluding hydrogens is 313 g/mol. The Morgan fingerprint density at radius 2 is 2.00 bits per heavy atom. The maximum atomic E-state index is 12.0. The topological polar surface area (TPSA) is 91.9 Å². The van der Waals surface area contributed by atoms with E-state index in [2.05, 4.69) is 14.7 Å². The third-order valence-electron chi connectivity index (χ3n) is 2.11. The molecule has 9 heteroatoms. The number of anilines is 1. The lowest BCUT2D eigenvalue weighted by atomic mass is 10.5. The minimum Gasteiger partial charge on any atom is -0.326 e. The van der Waals surface area contributed by atoms with E-state index in [-0.39, 0.29) is 15.7 Å². The highest BCUT2D eigenvalue weighted by atomic mass is 35.5. The summed E-state index contributed by atoms with van der Waals surface area (Å²) in [7, 11) is -3.88. The quantitative estimate of drug-likeness (QED) is 0.903. The minimum atomic E-state index is -3.88. The van der Waals surface area contributed by atoms with Crippen molar-refractivity contribution in [3.05, 3.63) is 51.0 Å². The Labute approximate surface area is 118 Å². The molecule has 6 nitrogen and oxygen atoms in total. The predicted molar refractivity (Wildman–Crippen MR) is 72.1 cm³/mol. The fourth-order valence-electron chi connectivity index (χ4n) is 1.23. The van der Waals surface area contributed by atoms with Gasteiger partial charge in [0.1, 0.15) is 15.7 Å². The number of H-pyrrole nitrogens is 1. The maximum Gasteiger partial charge on any atom is 0.266 e. The molecule has 0 aliphatic rings. The highest BCUT2D eigenvalue weighted by Crippen LogP contribution is 2.16. The zero-order valence-electron chi connectivity index (χ0n) is 9.22. The number of sulfonamides is 1. The van der Waals surface area contributed by atoms with E-state index in [9.17, 15) is 13.2 Å². The van der Waals surface area contributed by atoms with Crippen molar-refractivity contribution < 1.29 is 8.42 Å². The average Bonchev–Trinajstić information content (AvgIpc) is 2.35. The van der Waals surface area contributed by atoms with Crippen molar-refractivity contribution in [1.29, 1.82) is 0 Å². The Morgan fingerprint density at radius 1 is 1.26 bits per heavy atom. The summed E-state index contributed by atoms with van der Waals surface area (Å²) in [5.74, 6) is 0.103. The lowest BCUT2D eigenvalue weighted by Crippen LogP contribution is -2.16. The van der Waals surface area contributed by atoms with E-state index in [4.69, 9.17) is 23.2 Å². The van der Waals surface area contributed by atoms with Gasteiger partial charge in [0.05, 0.1) is 5.02 Å². The number of nitrogens with one attached hydrogen (secondary N) is 2. The summed E-state index contributed by atoms with van der Waals surface area (Å²) in [4.78, 5) is 16.9. The van der Waals surface area contributed by atoms with Crippen molar-refractivity contribution in [2.24, 2.45) is 0 Å². The van der Waals surface area contributed by atoms with Crippen LogP contribution in [0.25, 0.3) is 0 Å². The Bertz CT molecular complexity index is 756. The van der Waals surface area contributed by atoms with Gasteiger partial charge in [-0.3, -0.25) is 9.52 Å². The summed E-state index contributed by atoms with van der Waals surface area (Å²) in [5, 5.41) is 0.168. The van der Waals surface area contributed by atoms with E-state index >= 15 is 0 Å². The monoisotopic (exact) mass is 319 g/mol. The molecule has 2 N–H and O–H groups in total. The molecule has 0 amide bonds. The third-order valence-corrected chi connectivity index (χ3v) is 3.95. The largest absolute Gasteiger partial charge is 0.326 e. The molecule has 0 bridgehead atoms. The SMILES string of the molecule is O=c1[nH]cc(S(=O)(=O)Nc2ccc(Cl)cn2)cc1Cl. The van der Waals surface area contributed by atoms with Gasteiger partial charge >= 0.3 is 0 Å². The van der Waals surface area contributed by atoms with E-state index in [1.54, 1.807) is 0 Å². The molecule has 2 rings (SSSR count). The van der Waals surface area contributed by atoms with Crippen LogP contribution in [0.5, 0.6) is 0 Å². The first kappa shape index (κ1) is 13.9. The van der Waals surface area contributed by atoms with Gasteiger partial charge in [-0.2, -0.15) is 0 Å². The summed E-state index contributed by atoms with van der Waals surface area (Å²) in [6.45, 7) is 0. The first-order chi connectivity index (χ1) is 8.88. The van der Waals surface area contributed by atoms with Gasteiger partial charge < -0.3 is 4.98 Å². The average molecular weight is 320 g/mol. The van der Waals surface area contributed by atoms with Crippen molar-refractivity contribution in [3.8, 4) is 0 Å². The van der Waals surface area contributed by atoms with Gasteiger partial charge in [-0.1, -0.05) is 23.2 Å². The molecule has 0 saturated carbocycles. The minimum absolute atomic E-state index is 0.103. The molecule has 100 valence electrons. The maximum absolute atomic E-state index is 12.0. The standard InChI is InChI=1S/C10H7Cl2N3O3S/c11-6-1-2-9(13-4-6)15-19(17,18)7-3-8(12)10(16)14-5-7/h1-5H,(H,13,15)(H,14,16). The second-order valence-corrected chi connectivity index (χ2v) is 6.01. The van der Waals surface area contributed by atoms with Gasteiger partial charge in [-0.25, -0.2) is 13.4 Å². The molecule has 0 saturated heterocycles. The zero-order chi connectivity index (χ0) is 14.0. The van der Waals surface area contributed by atoms with Gasteiger partial charge in [-0.15, -0.1) is 0 Å². The molecule has 0 aliphatic heterocycles. The van der Waals surface area contributed by atoms with Crippen LogP contribution in [0, 0.1) is 0 Å². The number of aromatic nitrogens is 2. The van der Waals surface area contributed by atoms with E-state index in [1.165, 1.54) is 18.3 Å². The summed E-state index contributed by atoms with van der Waals surface area (Å²) in [5.41, 5.74) is -0.565. The number of hydrogen-bond donors (Lipinski definition) is 2. The van der Waals surface area contributed by atoms with E-state index in [1.807, 2.05) is 0 Å². The lowest BCUT2D eigenvalue weighted by Gasteiger charge is -2.07. The van der Waals surface area contributed by atoms with E-state index in [0.29, 0.717) is 5.02 Å². The summed E-state index contributed by atoms with van der Waals surface area (Å²) in [6, 6.07) is 3.96. The molecule has 0 aliphatic carbocycles. The zero-order valence-corrected chi connectivity index (χ0v) is 11.6. The van der Waals surface area contributed by atoms with Gasteiger partial charge in [0.25, 0.3) is 15.6 Å². The molecule has 2 heterocycles. The third kappa shape index (κ3) is 3.25. The summed E-state index contributed by atoms with van der Waals surface area (Å²) >= 11 is 11.2. The molecule has 2 aromatic heterocycles. The Hall–Kier alpha value is -1.57. The molecule has 0 aromatic carbocycles. The van der Waals surface area contributed by atoms with Crippen LogP contribution in [-0.4, -0.2) is 18.4 Å². The fraction of sp³-hybridized carbons (Fsp3) is 0. The van der Waals surface area contributed by atoms with Crippen molar-refractivity contribution >= 4 is 39.0 Å². The Morgan fingerprint density at radius 3 is 2.58 bits per heavy atom. The number of aromatic amines is 1. The van der Waals surface area contributed by atoms with Crippen molar-refractivity contribution in [3.63, 3.8) is 0 Å². The molecule has 0 spiro atoms.